The van der Waals surface area contributed by atoms with Gasteiger partial charge in [0.2, 0.25) is 0 Å². The Morgan fingerprint density at radius 3 is 2.33 bits per heavy atom. The Hall–Kier alpha value is -0.860. The average molecular weight is 204 g/mol. The van der Waals surface area contributed by atoms with Crippen LogP contribution in [0.1, 0.15) is 18.4 Å². The second-order valence-electron chi connectivity index (χ2n) is 4.42. The summed E-state index contributed by atoms with van der Waals surface area (Å²) < 4.78 is 0. The Bertz CT molecular complexity index is 302. The first-order valence-corrected chi connectivity index (χ1v) is 5.49. The largest absolute Gasteiger partial charge is 0.459 e. The van der Waals surface area contributed by atoms with Gasteiger partial charge >= 0.3 is 0 Å². The normalized spacial score (nSPS) is 21.5. The molecule has 0 bridgehead atoms. The monoisotopic (exact) mass is 204 g/mol. The molecule has 2 nitrogen and oxygen atoms in total. The fraction of sp³-hybridized carbons (Fsp3) is 0.462. The SMILES string of the molecule is [CH2-]N1CCC(CO)(c2ccccc2)CC1. The van der Waals surface area contributed by atoms with E-state index >= 15 is 0 Å². The van der Waals surface area contributed by atoms with Gasteiger partial charge in [0.15, 0.2) is 0 Å². The molecule has 1 N–H and O–H groups in total. The summed E-state index contributed by atoms with van der Waals surface area (Å²) in [4.78, 5) is 2.08. The third-order valence-electron chi connectivity index (χ3n) is 3.50. The van der Waals surface area contributed by atoms with Crippen LogP contribution in [0.2, 0.25) is 0 Å². The molecule has 1 aliphatic heterocycles. The highest BCUT2D eigenvalue weighted by Gasteiger charge is 2.33. The highest BCUT2D eigenvalue weighted by molar-refractivity contribution is 5.26. The van der Waals surface area contributed by atoms with Gasteiger partial charge in [0.05, 0.1) is 6.61 Å². The molecular weight excluding hydrogens is 186 g/mol. The summed E-state index contributed by atoms with van der Waals surface area (Å²) in [6, 6.07) is 10.3. The summed E-state index contributed by atoms with van der Waals surface area (Å²) in [6.45, 7) is 2.18. The summed E-state index contributed by atoms with van der Waals surface area (Å²) in [5.41, 5.74) is 1.23. The van der Waals surface area contributed by atoms with E-state index in [1.54, 1.807) is 0 Å². The van der Waals surface area contributed by atoms with E-state index in [1.807, 2.05) is 18.2 Å². The zero-order valence-corrected chi connectivity index (χ0v) is 9.02. The smallest absolute Gasteiger partial charge is 0.0528 e. The van der Waals surface area contributed by atoms with E-state index < -0.39 is 0 Å². The minimum Gasteiger partial charge on any atom is -0.459 e. The van der Waals surface area contributed by atoms with Gasteiger partial charge in [-0.1, -0.05) is 30.3 Å². The zero-order valence-electron chi connectivity index (χ0n) is 9.02. The van der Waals surface area contributed by atoms with Crippen molar-refractivity contribution in [3.8, 4) is 0 Å². The Kier molecular flexibility index (Phi) is 3.08. The standard InChI is InChI=1S/C13H18NO/c1-14-9-7-13(11-15,8-10-14)12-5-3-2-4-6-12/h2-6,15H,1,7-11H2/q-1. The predicted molar refractivity (Wildman–Crippen MR) is 61.4 cm³/mol. The Labute approximate surface area is 91.5 Å². The van der Waals surface area contributed by atoms with Crippen molar-refractivity contribution in [1.82, 2.24) is 4.90 Å². The van der Waals surface area contributed by atoms with Crippen molar-refractivity contribution in [1.29, 1.82) is 0 Å². The Morgan fingerprint density at radius 1 is 1.20 bits per heavy atom. The molecule has 0 atom stereocenters. The summed E-state index contributed by atoms with van der Waals surface area (Å²) in [5, 5.41) is 9.64. The number of hydrogen-bond acceptors (Lipinski definition) is 2. The number of aliphatic hydroxyl groups is 1. The minimum absolute atomic E-state index is 0.0323. The molecule has 0 spiro atoms. The topological polar surface area (TPSA) is 23.5 Å². The molecule has 0 aromatic heterocycles. The number of piperidine rings is 1. The number of rotatable bonds is 2. The second-order valence-corrected chi connectivity index (χ2v) is 4.42. The van der Waals surface area contributed by atoms with Gasteiger partial charge in [0.1, 0.15) is 0 Å². The molecule has 1 heterocycles. The highest BCUT2D eigenvalue weighted by atomic mass is 16.3. The van der Waals surface area contributed by atoms with Gasteiger partial charge in [-0.3, -0.25) is 7.05 Å². The van der Waals surface area contributed by atoms with Crippen LogP contribution >= 0.6 is 0 Å². The van der Waals surface area contributed by atoms with Gasteiger partial charge in [-0.15, -0.1) is 0 Å². The molecule has 0 saturated carbocycles. The summed E-state index contributed by atoms with van der Waals surface area (Å²) >= 11 is 0. The lowest BCUT2D eigenvalue weighted by Crippen LogP contribution is -2.42. The molecule has 1 saturated heterocycles. The lowest BCUT2D eigenvalue weighted by Gasteiger charge is -2.43. The molecule has 2 rings (SSSR count). The van der Waals surface area contributed by atoms with Crippen molar-refractivity contribution >= 4 is 0 Å². The van der Waals surface area contributed by atoms with Crippen molar-refractivity contribution < 1.29 is 5.11 Å². The summed E-state index contributed by atoms with van der Waals surface area (Å²) in [6.07, 6.45) is 1.99. The van der Waals surface area contributed by atoms with E-state index in [9.17, 15) is 5.11 Å². The quantitative estimate of drug-likeness (QED) is 0.743. The molecular formula is C13H18NO-. The molecule has 1 aliphatic rings. The zero-order chi connectivity index (χ0) is 10.7. The third kappa shape index (κ3) is 2.06. The molecule has 0 amide bonds. The lowest BCUT2D eigenvalue weighted by atomic mass is 9.73. The third-order valence-corrected chi connectivity index (χ3v) is 3.50. The van der Waals surface area contributed by atoms with Crippen molar-refractivity contribution in [2.24, 2.45) is 0 Å². The first kappa shape index (κ1) is 10.7. The molecule has 0 unspecified atom stereocenters. The number of likely N-dealkylation sites (tertiary alicyclic amines) is 1. The minimum atomic E-state index is -0.0323. The average Bonchev–Trinajstić information content (AvgIpc) is 2.32. The number of hydrogen-bond donors (Lipinski definition) is 1. The highest BCUT2D eigenvalue weighted by Crippen LogP contribution is 2.34. The first-order chi connectivity index (χ1) is 7.27. The van der Waals surface area contributed by atoms with Crippen molar-refractivity contribution in [3.63, 3.8) is 0 Å². The summed E-state index contributed by atoms with van der Waals surface area (Å²) in [7, 11) is 3.94. The Morgan fingerprint density at radius 2 is 1.80 bits per heavy atom. The molecule has 0 aliphatic carbocycles. The van der Waals surface area contributed by atoms with E-state index in [-0.39, 0.29) is 12.0 Å². The van der Waals surface area contributed by atoms with Gasteiger partial charge in [-0.05, 0) is 31.5 Å². The molecule has 1 fully saturated rings. The van der Waals surface area contributed by atoms with E-state index in [4.69, 9.17) is 0 Å². The molecule has 1 aromatic rings. The number of aliphatic hydroxyl groups excluding tert-OH is 1. The van der Waals surface area contributed by atoms with E-state index in [2.05, 4.69) is 24.1 Å². The maximum absolute atomic E-state index is 9.64. The van der Waals surface area contributed by atoms with Crippen molar-refractivity contribution in [2.45, 2.75) is 18.3 Å². The Balaban J connectivity index is 2.23. The van der Waals surface area contributed by atoms with Crippen LogP contribution in [-0.2, 0) is 5.41 Å². The maximum Gasteiger partial charge on any atom is 0.0528 e. The van der Waals surface area contributed by atoms with E-state index in [1.165, 1.54) is 5.56 Å². The van der Waals surface area contributed by atoms with Crippen LogP contribution in [0.25, 0.3) is 0 Å². The molecule has 1 aromatic carbocycles. The van der Waals surface area contributed by atoms with Gasteiger partial charge in [0.25, 0.3) is 0 Å². The lowest BCUT2D eigenvalue weighted by molar-refractivity contribution is 0.121. The summed E-state index contributed by atoms with van der Waals surface area (Å²) in [5.74, 6) is 0. The van der Waals surface area contributed by atoms with Crippen LogP contribution in [0.3, 0.4) is 0 Å². The van der Waals surface area contributed by atoms with Gasteiger partial charge < -0.3 is 10.0 Å². The van der Waals surface area contributed by atoms with Crippen molar-refractivity contribution in [3.05, 3.63) is 42.9 Å². The van der Waals surface area contributed by atoms with Crippen LogP contribution < -0.4 is 0 Å². The molecule has 0 radical (unpaired) electrons. The van der Waals surface area contributed by atoms with E-state index in [0.717, 1.165) is 25.9 Å². The van der Waals surface area contributed by atoms with Crippen LogP contribution in [0.5, 0.6) is 0 Å². The fourth-order valence-corrected chi connectivity index (χ4v) is 2.31. The van der Waals surface area contributed by atoms with Gasteiger partial charge in [-0.25, -0.2) is 0 Å². The first-order valence-electron chi connectivity index (χ1n) is 5.49. The second kappa shape index (κ2) is 4.33. The predicted octanol–water partition coefficient (Wildman–Crippen LogP) is 1.80. The fourth-order valence-electron chi connectivity index (χ4n) is 2.31. The van der Waals surface area contributed by atoms with E-state index in [0.29, 0.717) is 0 Å². The number of benzene rings is 1. The molecule has 15 heavy (non-hydrogen) atoms. The van der Waals surface area contributed by atoms with Crippen LogP contribution in [-0.4, -0.2) is 29.7 Å². The van der Waals surface area contributed by atoms with Crippen LogP contribution in [0.4, 0.5) is 0 Å². The van der Waals surface area contributed by atoms with Crippen LogP contribution in [0, 0.1) is 7.05 Å². The van der Waals surface area contributed by atoms with Crippen LogP contribution in [0.15, 0.2) is 30.3 Å². The van der Waals surface area contributed by atoms with Gasteiger partial charge in [0, 0.05) is 5.41 Å². The number of nitrogens with zero attached hydrogens (tertiary/aromatic N) is 1. The molecule has 2 heteroatoms. The maximum atomic E-state index is 9.64. The molecule has 82 valence electrons. The van der Waals surface area contributed by atoms with Gasteiger partial charge in [-0.2, -0.15) is 0 Å². The van der Waals surface area contributed by atoms with Crippen molar-refractivity contribution in [2.75, 3.05) is 19.7 Å².